The van der Waals surface area contributed by atoms with Gasteiger partial charge in [-0.15, -0.1) is 0 Å². The highest BCUT2D eigenvalue weighted by Crippen LogP contribution is 2.39. The van der Waals surface area contributed by atoms with Gasteiger partial charge >= 0.3 is 0 Å². The highest BCUT2D eigenvalue weighted by Gasteiger charge is 2.30. The number of rotatable bonds is 5. The van der Waals surface area contributed by atoms with E-state index in [1.54, 1.807) is 4.90 Å². The lowest BCUT2D eigenvalue weighted by Crippen LogP contribution is -2.35. The number of nitrogens with one attached hydrogen (secondary N) is 2. The van der Waals surface area contributed by atoms with Gasteiger partial charge in [0.15, 0.2) is 0 Å². The summed E-state index contributed by atoms with van der Waals surface area (Å²) in [6, 6.07) is 12.2. The van der Waals surface area contributed by atoms with Crippen molar-refractivity contribution in [2.45, 2.75) is 33.7 Å². The molecule has 1 amide bonds. The average molecular weight is 539 g/mol. The topological polar surface area (TPSA) is 104 Å². The zero-order valence-corrected chi connectivity index (χ0v) is 22.9. The van der Waals surface area contributed by atoms with Crippen molar-refractivity contribution in [2.24, 2.45) is 5.92 Å². The van der Waals surface area contributed by atoms with Gasteiger partial charge in [-0.25, -0.2) is 13.4 Å². The van der Waals surface area contributed by atoms with E-state index in [1.165, 1.54) is 11.8 Å². The van der Waals surface area contributed by atoms with E-state index in [-0.39, 0.29) is 11.8 Å². The molecule has 2 aliphatic rings. The van der Waals surface area contributed by atoms with E-state index >= 15 is 0 Å². The number of aromatic amines is 1. The first-order valence-electron chi connectivity index (χ1n) is 12.2. The lowest BCUT2D eigenvalue weighted by atomic mass is 9.96. The molecule has 5 rings (SSSR count). The first-order chi connectivity index (χ1) is 17.6. The quantitative estimate of drug-likeness (QED) is 0.488. The summed E-state index contributed by atoms with van der Waals surface area (Å²) in [5, 5.41) is 0.474. The van der Waals surface area contributed by atoms with Crippen molar-refractivity contribution in [3.05, 3.63) is 69.4 Å². The summed E-state index contributed by atoms with van der Waals surface area (Å²) >= 11 is 1.19. The number of amides is 1. The first kappa shape index (κ1) is 25.4. The predicted molar refractivity (Wildman–Crippen MR) is 147 cm³/mol. The van der Waals surface area contributed by atoms with Gasteiger partial charge in [-0.05, 0) is 67.3 Å². The van der Waals surface area contributed by atoms with Gasteiger partial charge in [-0.1, -0.05) is 30.8 Å². The number of thioether (sulfide) groups is 1. The number of sulfonamides is 1. The standard InChI is InChI=1S/C27H30N4O4S2/c1-5-18-14-25(30-37(4,33)34)36-26(16(18)2)27(32)31-10-11-35-24-9-7-19(12-21(24)15-31)20-6-8-22-23(13-20)29-17(3)28-22/h6-9,12-14,18,30H,5,10-11,15H2,1-4H3,(H,28,29). The number of fused-ring (bicyclic) bond motifs is 2. The number of carbonyl (C=O) groups excluding carboxylic acids is 1. The van der Waals surface area contributed by atoms with E-state index in [4.69, 9.17) is 4.74 Å². The van der Waals surface area contributed by atoms with Crippen LogP contribution in [-0.2, 0) is 21.4 Å². The molecule has 10 heteroatoms. The minimum Gasteiger partial charge on any atom is -0.491 e. The third kappa shape index (κ3) is 5.40. The van der Waals surface area contributed by atoms with Crippen LogP contribution in [0.15, 0.2) is 58.0 Å². The van der Waals surface area contributed by atoms with Crippen LogP contribution in [0.2, 0.25) is 0 Å². The van der Waals surface area contributed by atoms with E-state index in [9.17, 15) is 13.2 Å². The first-order valence-corrected chi connectivity index (χ1v) is 14.9. The maximum absolute atomic E-state index is 13.8. The van der Waals surface area contributed by atoms with Crippen LogP contribution < -0.4 is 9.46 Å². The van der Waals surface area contributed by atoms with Crippen LogP contribution in [0, 0.1) is 12.8 Å². The Labute approximate surface area is 221 Å². The van der Waals surface area contributed by atoms with Gasteiger partial charge in [0.05, 0.1) is 33.8 Å². The fourth-order valence-corrected chi connectivity index (χ4v) is 6.82. The summed E-state index contributed by atoms with van der Waals surface area (Å²) in [4.78, 5) is 23.9. The molecule has 0 saturated heterocycles. The SMILES string of the molecule is CCC1C=C(NS(C)(=O)=O)SC(C(=O)N2CCOc3ccc(-c4ccc5nc(C)[nH]c5c4)cc3C2)=C1C. The van der Waals surface area contributed by atoms with E-state index in [0.717, 1.165) is 57.5 Å². The number of H-pyrrole nitrogens is 1. The van der Waals surface area contributed by atoms with Crippen LogP contribution in [-0.4, -0.2) is 48.6 Å². The maximum atomic E-state index is 13.8. The molecule has 0 fully saturated rings. The Morgan fingerprint density at radius 2 is 1.97 bits per heavy atom. The van der Waals surface area contributed by atoms with Crippen LogP contribution in [0.1, 0.15) is 31.7 Å². The lowest BCUT2D eigenvalue weighted by Gasteiger charge is -2.28. The summed E-state index contributed by atoms with van der Waals surface area (Å²) in [5.74, 6) is 1.52. The van der Waals surface area contributed by atoms with Gasteiger partial charge in [0, 0.05) is 18.0 Å². The van der Waals surface area contributed by atoms with Crippen LogP contribution >= 0.6 is 11.8 Å². The summed E-state index contributed by atoms with van der Waals surface area (Å²) < 4.78 is 32.3. The lowest BCUT2D eigenvalue weighted by molar-refractivity contribution is -0.127. The normalized spacial score (nSPS) is 18.2. The van der Waals surface area contributed by atoms with Crippen LogP contribution in [0.5, 0.6) is 5.75 Å². The molecule has 194 valence electrons. The Kier molecular flexibility index (Phi) is 6.80. The van der Waals surface area contributed by atoms with E-state index in [0.29, 0.717) is 29.6 Å². The average Bonchev–Trinajstić information content (AvgIpc) is 3.09. The second-order valence-electron chi connectivity index (χ2n) is 9.49. The smallest absolute Gasteiger partial charge is 0.261 e. The minimum absolute atomic E-state index is 0.00685. The molecule has 1 atom stereocenters. The van der Waals surface area contributed by atoms with Crippen LogP contribution in [0.25, 0.3) is 22.2 Å². The van der Waals surface area contributed by atoms with Gasteiger partial charge in [-0.3, -0.25) is 9.52 Å². The fraction of sp³-hybridized carbons (Fsp3) is 0.333. The largest absolute Gasteiger partial charge is 0.491 e. The molecule has 0 spiro atoms. The molecule has 2 N–H and O–H groups in total. The second-order valence-corrected chi connectivity index (χ2v) is 12.3. The maximum Gasteiger partial charge on any atom is 0.261 e. The molecule has 3 heterocycles. The van der Waals surface area contributed by atoms with E-state index in [1.807, 2.05) is 51.1 Å². The number of ether oxygens (including phenoxy) is 1. The van der Waals surface area contributed by atoms with Crippen molar-refractivity contribution in [1.29, 1.82) is 0 Å². The minimum atomic E-state index is -3.45. The molecular weight excluding hydrogens is 508 g/mol. The number of hydrogen-bond acceptors (Lipinski definition) is 6. The Hall–Kier alpha value is -3.24. The number of benzene rings is 2. The van der Waals surface area contributed by atoms with Crippen molar-refractivity contribution < 1.29 is 17.9 Å². The Morgan fingerprint density at radius 3 is 2.73 bits per heavy atom. The monoisotopic (exact) mass is 538 g/mol. The van der Waals surface area contributed by atoms with Crippen molar-refractivity contribution in [2.75, 3.05) is 19.4 Å². The van der Waals surface area contributed by atoms with Gasteiger partial charge in [0.1, 0.15) is 18.2 Å². The Bertz CT molecular complexity index is 1560. The molecular formula is C27H30N4O4S2. The number of hydrogen-bond donors (Lipinski definition) is 2. The molecule has 1 aromatic heterocycles. The van der Waals surface area contributed by atoms with E-state index in [2.05, 4.69) is 26.8 Å². The Balaban J connectivity index is 1.43. The molecule has 0 bridgehead atoms. The summed E-state index contributed by atoms with van der Waals surface area (Å²) in [7, 11) is -3.45. The summed E-state index contributed by atoms with van der Waals surface area (Å²) in [5.41, 5.74) is 5.87. The zero-order valence-electron chi connectivity index (χ0n) is 21.3. The second kappa shape index (κ2) is 9.90. The highest BCUT2D eigenvalue weighted by molar-refractivity contribution is 8.08. The van der Waals surface area contributed by atoms with Gasteiger partial charge in [-0.2, -0.15) is 0 Å². The third-order valence-electron chi connectivity index (χ3n) is 6.66. The highest BCUT2D eigenvalue weighted by atomic mass is 32.2. The van der Waals surface area contributed by atoms with Crippen LogP contribution in [0.4, 0.5) is 0 Å². The van der Waals surface area contributed by atoms with Crippen molar-refractivity contribution in [3.63, 3.8) is 0 Å². The van der Waals surface area contributed by atoms with Crippen molar-refractivity contribution in [1.82, 2.24) is 19.6 Å². The molecule has 0 radical (unpaired) electrons. The molecule has 37 heavy (non-hydrogen) atoms. The number of nitrogens with zero attached hydrogens (tertiary/aromatic N) is 2. The van der Waals surface area contributed by atoms with Gasteiger partial charge < -0.3 is 14.6 Å². The molecule has 0 aliphatic carbocycles. The number of imidazole rings is 1. The zero-order chi connectivity index (χ0) is 26.3. The molecule has 3 aromatic rings. The molecule has 0 saturated carbocycles. The summed E-state index contributed by atoms with van der Waals surface area (Å²) in [6.45, 7) is 7.15. The molecule has 2 aliphatic heterocycles. The number of carbonyl (C=O) groups is 1. The summed E-state index contributed by atoms with van der Waals surface area (Å²) in [6.07, 6.45) is 3.78. The van der Waals surface area contributed by atoms with Crippen molar-refractivity contribution >= 4 is 38.7 Å². The fourth-order valence-electron chi connectivity index (χ4n) is 4.78. The van der Waals surface area contributed by atoms with E-state index < -0.39 is 10.0 Å². The van der Waals surface area contributed by atoms with Gasteiger partial charge in [0.25, 0.3) is 5.91 Å². The predicted octanol–water partition coefficient (Wildman–Crippen LogP) is 4.70. The molecule has 1 unspecified atom stereocenters. The van der Waals surface area contributed by atoms with Crippen LogP contribution in [0.3, 0.4) is 0 Å². The number of aryl methyl sites for hydroxylation is 1. The third-order valence-corrected chi connectivity index (χ3v) is 8.54. The number of allylic oxidation sites excluding steroid dienone is 2. The molecule has 2 aromatic carbocycles. The molecule has 8 nitrogen and oxygen atoms in total. The van der Waals surface area contributed by atoms with Gasteiger partial charge in [0.2, 0.25) is 10.0 Å². The Morgan fingerprint density at radius 1 is 1.22 bits per heavy atom. The number of aromatic nitrogens is 2. The van der Waals surface area contributed by atoms with Crippen molar-refractivity contribution in [3.8, 4) is 16.9 Å².